The molecule has 0 spiro atoms. The second-order valence-corrected chi connectivity index (χ2v) is 4.27. The molecule has 0 saturated heterocycles. The van der Waals surface area contributed by atoms with Gasteiger partial charge in [-0.2, -0.15) is 0 Å². The molecule has 3 aromatic rings. The van der Waals surface area contributed by atoms with Gasteiger partial charge in [-0.25, -0.2) is 15.8 Å². The average molecular weight is 280 g/mol. The Kier molecular flexibility index (Phi) is 3.40. The molecule has 0 aliphatic carbocycles. The third-order valence-electron chi connectivity index (χ3n) is 2.91. The maximum absolute atomic E-state index is 12.2. The minimum atomic E-state index is -0.357. The van der Waals surface area contributed by atoms with Crippen molar-refractivity contribution in [2.24, 2.45) is 5.84 Å². The van der Waals surface area contributed by atoms with Gasteiger partial charge in [0.25, 0.3) is 5.91 Å². The summed E-state index contributed by atoms with van der Waals surface area (Å²) in [6.45, 7) is 0. The van der Waals surface area contributed by atoms with Crippen molar-refractivity contribution in [2.45, 2.75) is 0 Å². The third-order valence-corrected chi connectivity index (χ3v) is 2.91. The second kappa shape index (κ2) is 5.51. The minimum Gasteiger partial charge on any atom is -0.319 e. The van der Waals surface area contributed by atoms with Crippen LogP contribution in [0, 0.1) is 0 Å². The molecule has 3 rings (SSSR count). The Bertz CT molecular complexity index is 782. The number of nitrogens with two attached hydrogens (primary N) is 1. The van der Waals surface area contributed by atoms with Gasteiger partial charge in [-0.15, -0.1) is 0 Å². The normalized spacial score (nSPS) is 10.3. The Labute approximate surface area is 120 Å². The number of hydrazine groups is 1. The van der Waals surface area contributed by atoms with Gasteiger partial charge in [0.1, 0.15) is 5.69 Å². The first-order valence-electron chi connectivity index (χ1n) is 6.21. The lowest BCUT2D eigenvalue weighted by atomic mass is 10.2. The van der Waals surface area contributed by atoms with E-state index in [9.17, 15) is 4.79 Å². The molecule has 4 N–H and O–H groups in total. The fraction of sp³-hybridized carbons (Fsp3) is 0. The van der Waals surface area contributed by atoms with Gasteiger partial charge in [-0.1, -0.05) is 18.2 Å². The molecule has 7 nitrogen and oxygen atoms in total. The molecular weight excluding hydrogens is 268 g/mol. The van der Waals surface area contributed by atoms with Crippen LogP contribution in [0.1, 0.15) is 10.5 Å². The van der Waals surface area contributed by atoms with E-state index in [1.54, 1.807) is 12.3 Å². The van der Waals surface area contributed by atoms with Gasteiger partial charge in [-0.3, -0.25) is 9.78 Å². The first-order chi connectivity index (χ1) is 10.3. The highest BCUT2D eigenvalue weighted by Gasteiger charge is 2.10. The molecule has 21 heavy (non-hydrogen) atoms. The van der Waals surface area contributed by atoms with E-state index in [1.165, 1.54) is 12.4 Å². The summed E-state index contributed by atoms with van der Waals surface area (Å²) in [5, 5.41) is 3.73. The summed E-state index contributed by atoms with van der Waals surface area (Å²) in [4.78, 5) is 24.4. The van der Waals surface area contributed by atoms with Crippen LogP contribution in [-0.4, -0.2) is 20.9 Å². The van der Waals surface area contributed by atoms with Gasteiger partial charge < -0.3 is 10.7 Å². The fourth-order valence-electron chi connectivity index (χ4n) is 1.91. The van der Waals surface area contributed by atoms with Crippen molar-refractivity contribution in [1.82, 2.24) is 15.0 Å². The highest BCUT2D eigenvalue weighted by molar-refractivity contribution is 6.07. The molecule has 7 heteroatoms. The van der Waals surface area contributed by atoms with E-state index < -0.39 is 0 Å². The van der Waals surface area contributed by atoms with Gasteiger partial charge >= 0.3 is 0 Å². The van der Waals surface area contributed by atoms with Gasteiger partial charge in [0.2, 0.25) is 0 Å². The number of amides is 1. The summed E-state index contributed by atoms with van der Waals surface area (Å²) >= 11 is 0. The Balaban J connectivity index is 1.89. The fourth-order valence-corrected chi connectivity index (χ4v) is 1.91. The minimum absolute atomic E-state index is 0.196. The molecule has 1 aromatic carbocycles. The molecule has 0 saturated carbocycles. The van der Waals surface area contributed by atoms with Crippen molar-refractivity contribution in [2.75, 3.05) is 10.7 Å². The number of carbonyl (C=O) groups excluding carboxylic acids is 1. The molecule has 0 radical (unpaired) electrons. The second-order valence-electron chi connectivity index (χ2n) is 4.27. The quantitative estimate of drug-likeness (QED) is 0.496. The lowest BCUT2D eigenvalue weighted by molar-refractivity contribution is 0.102. The van der Waals surface area contributed by atoms with Gasteiger partial charge in [0.05, 0.1) is 23.6 Å². The number of benzene rings is 1. The summed E-state index contributed by atoms with van der Waals surface area (Å²) in [7, 11) is 0. The lowest BCUT2D eigenvalue weighted by Crippen LogP contribution is -2.16. The number of carbonyl (C=O) groups is 1. The van der Waals surface area contributed by atoms with Gasteiger partial charge in [0, 0.05) is 11.6 Å². The Hall–Kier alpha value is -3.06. The van der Waals surface area contributed by atoms with Crippen LogP contribution in [0.15, 0.2) is 48.9 Å². The standard InChI is InChI=1S/C14H12N6O/c15-20-12-8-17-11(7-18-12)14(21)19-10-5-1-3-9-4-2-6-16-13(9)10/h1-8H,15H2,(H,18,20)(H,19,21). The van der Waals surface area contributed by atoms with E-state index >= 15 is 0 Å². The number of aromatic nitrogens is 3. The van der Waals surface area contributed by atoms with Crippen LogP contribution in [0.25, 0.3) is 10.9 Å². The molecule has 0 aliphatic rings. The summed E-state index contributed by atoms with van der Waals surface area (Å²) in [5.41, 5.74) is 3.90. The third kappa shape index (κ3) is 2.63. The Morgan fingerprint density at radius 1 is 1.05 bits per heavy atom. The molecule has 2 heterocycles. The molecule has 0 bridgehead atoms. The molecule has 0 unspecified atom stereocenters. The SMILES string of the molecule is NNc1cnc(C(=O)Nc2cccc3cccnc23)cn1. The monoisotopic (exact) mass is 280 g/mol. The summed E-state index contributed by atoms with van der Waals surface area (Å²) in [6, 6.07) is 9.35. The van der Waals surface area contributed by atoms with Crippen LogP contribution in [0.4, 0.5) is 11.5 Å². The van der Waals surface area contributed by atoms with Crippen LogP contribution in [-0.2, 0) is 0 Å². The Morgan fingerprint density at radius 2 is 1.90 bits per heavy atom. The predicted octanol–water partition coefficient (Wildman–Crippen LogP) is 1.56. The zero-order valence-electron chi connectivity index (χ0n) is 10.9. The zero-order chi connectivity index (χ0) is 14.7. The first kappa shape index (κ1) is 12.9. The number of anilines is 2. The van der Waals surface area contributed by atoms with Crippen LogP contribution in [0.2, 0.25) is 0 Å². The van der Waals surface area contributed by atoms with Gasteiger partial charge in [-0.05, 0) is 12.1 Å². The van der Waals surface area contributed by atoms with E-state index in [0.29, 0.717) is 11.5 Å². The van der Waals surface area contributed by atoms with E-state index in [0.717, 1.165) is 10.9 Å². The first-order valence-corrected chi connectivity index (χ1v) is 6.21. The largest absolute Gasteiger partial charge is 0.319 e. The summed E-state index contributed by atoms with van der Waals surface area (Å²) < 4.78 is 0. The number of rotatable bonds is 3. The lowest BCUT2D eigenvalue weighted by Gasteiger charge is -2.07. The van der Waals surface area contributed by atoms with Crippen molar-refractivity contribution in [3.8, 4) is 0 Å². The van der Waals surface area contributed by atoms with Crippen molar-refractivity contribution in [1.29, 1.82) is 0 Å². The molecule has 0 atom stereocenters. The van der Waals surface area contributed by atoms with E-state index in [4.69, 9.17) is 5.84 Å². The topological polar surface area (TPSA) is 106 Å². The van der Waals surface area contributed by atoms with E-state index in [1.807, 2.05) is 24.3 Å². The number of hydrogen-bond donors (Lipinski definition) is 3. The number of nitrogens with zero attached hydrogens (tertiary/aromatic N) is 3. The van der Waals surface area contributed by atoms with E-state index in [-0.39, 0.29) is 11.6 Å². The van der Waals surface area contributed by atoms with Crippen LogP contribution < -0.4 is 16.6 Å². The number of hydrogen-bond acceptors (Lipinski definition) is 6. The maximum Gasteiger partial charge on any atom is 0.275 e. The van der Waals surface area contributed by atoms with Crippen LogP contribution >= 0.6 is 0 Å². The summed E-state index contributed by atoms with van der Waals surface area (Å²) in [5.74, 6) is 5.23. The van der Waals surface area contributed by atoms with Crippen LogP contribution in [0.5, 0.6) is 0 Å². The van der Waals surface area contributed by atoms with Gasteiger partial charge in [0.15, 0.2) is 5.82 Å². The van der Waals surface area contributed by atoms with Crippen molar-refractivity contribution >= 4 is 28.3 Å². The molecule has 104 valence electrons. The number of nitrogens with one attached hydrogen (secondary N) is 2. The maximum atomic E-state index is 12.2. The van der Waals surface area contributed by atoms with Crippen molar-refractivity contribution < 1.29 is 4.79 Å². The zero-order valence-corrected chi connectivity index (χ0v) is 10.9. The summed E-state index contributed by atoms with van der Waals surface area (Å²) in [6.07, 6.45) is 4.42. The number of para-hydroxylation sites is 1. The Morgan fingerprint density at radius 3 is 2.67 bits per heavy atom. The van der Waals surface area contributed by atoms with Crippen LogP contribution in [0.3, 0.4) is 0 Å². The van der Waals surface area contributed by atoms with E-state index in [2.05, 4.69) is 25.7 Å². The molecule has 0 fully saturated rings. The highest BCUT2D eigenvalue weighted by atomic mass is 16.1. The van der Waals surface area contributed by atoms with Crippen molar-refractivity contribution in [3.05, 3.63) is 54.6 Å². The molecule has 0 aliphatic heterocycles. The highest BCUT2D eigenvalue weighted by Crippen LogP contribution is 2.21. The predicted molar refractivity (Wildman–Crippen MR) is 79.5 cm³/mol. The number of pyridine rings is 1. The molecular formula is C14H12N6O. The average Bonchev–Trinajstić information content (AvgIpc) is 2.55. The van der Waals surface area contributed by atoms with Crippen molar-refractivity contribution in [3.63, 3.8) is 0 Å². The number of fused-ring (bicyclic) bond motifs is 1. The smallest absolute Gasteiger partial charge is 0.275 e. The molecule has 2 aromatic heterocycles. The molecule has 1 amide bonds. The number of nitrogen functional groups attached to an aromatic ring is 1.